The summed E-state index contributed by atoms with van der Waals surface area (Å²) < 4.78 is 24.1. The Balaban J connectivity index is 2.31. The lowest BCUT2D eigenvalue weighted by molar-refractivity contribution is 0.177. The molecule has 0 aromatic heterocycles. The summed E-state index contributed by atoms with van der Waals surface area (Å²) in [6, 6.07) is 16.1. The lowest BCUT2D eigenvalue weighted by Crippen LogP contribution is -2.10. The van der Waals surface area contributed by atoms with Gasteiger partial charge in [-0.15, -0.1) is 0 Å². The number of hydrogen-bond acceptors (Lipinski definition) is 3. The Bertz CT molecular complexity index is 663. The molecule has 0 aliphatic rings. The van der Waals surface area contributed by atoms with Crippen LogP contribution in [0.5, 0.6) is 0 Å². The van der Waals surface area contributed by atoms with Crippen LogP contribution < -0.4 is 0 Å². The van der Waals surface area contributed by atoms with E-state index in [1.807, 2.05) is 30.3 Å². The van der Waals surface area contributed by atoms with Crippen molar-refractivity contribution >= 4 is 9.84 Å². The van der Waals surface area contributed by atoms with Crippen molar-refractivity contribution in [2.75, 3.05) is 5.75 Å². The Hall–Kier alpha value is -1.65. The standard InChI is InChI=1S/C16H18O3S/c1-2-20(18,19)16-11-7-6-10-14(16)12-15(17)13-8-4-3-5-9-13/h3-11,15,17H,2,12H2,1H3. The molecule has 0 spiro atoms. The first-order valence-electron chi connectivity index (χ1n) is 6.58. The molecule has 1 N–H and O–H groups in total. The molecule has 0 bridgehead atoms. The topological polar surface area (TPSA) is 54.4 Å². The number of rotatable bonds is 5. The molecule has 0 fully saturated rings. The van der Waals surface area contributed by atoms with E-state index >= 15 is 0 Å². The highest BCUT2D eigenvalue weighted by molar-refractivity contribution is 7.91. The highest BCUT2D eigenvalue weighted by atomic mass is 32.2. The Morgan fingerprint density at radius 3 is 2.25 bits per heavy atom. The van der Waals surface area contributed by atoms with E-state index in [-0.39, 0.29) is 5.75 Å². The molecule has 1 atom stereocenters. The second-order valence-corrected chi connectivity index (χ2v) is 6.89. The maximum atomic E-state index is 12.1. The average molecular weight is 290 g/mol. The molecule has 1 unspecified atom stereocenters. The maximum Gasteiger partial charge on any atom is 0.178 e. The molecule has 0 aliphatic carbocycles. The molecule has 2 aromatic rings. The molecule has 0 heterocycles. The second-order valence-electron chi connectivity index (χ2n) is 4.64. The van der Waals surface area contributed by atoms with Crippen LogP contribution >= 0.6 is 0 Å². The quantitative estimate of drug-likeness (QED) is 0.921. The second kappa shape index (κ2) is 6.20. The fraction of sp³-hybridized carbons (Fsp3) is 0.250. The third kappa shape index (κ3) is 3.26. The van der Waals surface area contributed by atoms with Crippen LogP contribution in [0.3, 0.4) is 0 Å². The Morgan fingerprint density at radius 2 is 1.60 bits per heavy atom. The van der Waals surface area contributed by atoms with E-state index in [0.29, 0.717) is 16.9 Å². The predicted octanol–water partition coefficient (Wildman–Crippen LogP) is 2.76. The Morgan fingerprint density at radius 1 is 1.00 bits per heavy atom. The molecule has 0 saturated carbocycles. The molecule has 0 saturated heterocycles. The van der Waals surface area contributed by atoms with E-state index in [1.165, 1.54) is 0 Å². The number of hydrogen-bond donors (Lipinski definition) is 1. The lowest BCUT2D eigenvalue weighted by atomic mass is 10.0. The van der Waals surface area contributed by atoms with Crippen molar-refractivity contribution in [2.45, 2.75) is 24.3 Å². The molecular weight excluding hydrogens is 272 g/mol. The molecule has 20 heavy (non-hydrogen) atoms. The highest BCUT2D eigenvalue weighted by Gasteiger charge is 2.18. The minimum atomic E-state index is -3.27. The monoisotopic (exact) mass is 290 g/mol. The van der Waals surface area contributed by atoms with Gasteiger partial charge in [-0.1, -0.05) is 55.5 Å². The maximum absolute atomic E-state index is 12.1. The summed E-state index contributed by atoms with van der Waals surface area (Å²) >= 11 is 0. The first-order valence-corrected chi connectivity index (χ1v) is 8.23. The van der Waals surface area contributed by atoms with E-state index in [9.17, 15) is 13.5 Å². The summed E-state index contributed by atoms with van der Waals surface area (Å²) in [5.74, 6) is 0.0610. The van der Waals surface area contributed by atoms with Gasteiger partial charge >= 0.3 is 0 Å². The van der Waals surface area contributed by atoms with Crippen LogP contribution in [-0.2, 0) is 16.3 Å². The molecular formula is C16H18O3S. The zero-order valence-corrected chi connectivity index (χ0v) is 12.2. The molecule has 0 amide bonds. The van der Waals surface area contributed by atoms with Crippen LogP contribution in [0.15, 0.2) is 59.5 Å². The number of benzene rings is 2. The van der Waals surface area contributed by atoms with Crippen molar-refractivity contribution in [3.8, 4) is 0 Å². The Kier molecular flexibility index (Phi) is 4.57. The summed E-state index contributed by atoms with van der Waals surface area (Å²) in [5, 5.41) is 10.2. The van der Waals surface area contributed by atoms with Crippen molar-refractivity contribution in [1.82, 2.24) is 0 Å². The van der Waals surface area contributed by atoms with Crippen LogP contribution in [0.4, 0.5) is 0 Å². The van der Waals surface area contributed by atoms with Gasteiger partial charge in [-0.3, -0.25) is 0 Å². The smallest absolute Gasteiger partial charge is 0.178 e. The molecule has 0 aliphatic heterocycles. The molecule has 0 radical (unpaired) electrons. The lowest BCUT2D eigenvalue weighted by Gasteiger charge is -2.14. The van der Waals surface area contributed by atoms with Crippen molar-refractivity contribution in [1.29, 1.82) is 0 Å². The van der Waals surface area contributed by atoms with Crippen molar-refractivity contribution in [2.24, 2.45) is 0 Å². The highest BCUT2D eigenvalue weighted by Crippen LogP contribution is 2.23. The zero-order valence-electron chi connectivity index (χ0n) is 11.4. The van der Waals surface area contributed by atoms with Gasteiger partial charge in [0.25, 0.3) is 0 Å². The van der Waals surface area contributed by atoms with E-state index in [0.717, 1.165) is 5.56 Å². The van der Waals surface area contributed by atoms with E-state index in [1.54, 1.807) is 31.2 Å². The number of aliphatic hydroxyl groups excluding tert-OH is 1. The van der Waals surface area contributed by atoms with E-state index in [4.69, 9.17) is 0 Å². The van der Waals surface area contributed by atoms with Gasteiger partial charge in [-0.2, -0.15) is 0 Å². The van der Waals surface area contributed by atoms with Gasteiger partial charge < -0.3 is 5.11 Å². The molecule has 4 heteroatoms. The summed E-state index contributed by atoms with van der Waals surface area (Å²) in [6.45, 7) is 1.62. The summed E-state index contributed by atoms with van der Waals surface area (Å²) in [6.07, 6.45) is -0.413. The van der Waals surface area contributed by atoms with Crippen molar-refractivity contribution in [3.05, 3.63) is 65.7 Å². The largest absolute Gasteiger partial charge is 0.388 e. The average Bonchev–Trinajstić information content (AvgIpc) is 2.48. The number of aliphatic hydroxyl groups is 1. The van der Waals surface area contributed by atoms with Crippen LogP contribution in [0.1, 0.15) is 24.2 Å². The summed E-state index contributed by atoms with van der Waals surface area (Å²) in [4.78, 5) is 0.317. The van der Waals surface area contributed by atoms with Gasteiger partial charge in [-0.05, 0) is 17.2 Å². The van der Waals surface area contributed by atoms with E-state index < -0.39 is 15.9 Å². The van der Waals surface area contributed by atoms with Gasteiger partial charge in [0.15, 0.2) is 9.84 Å². The molecule has 3 nitrogen and oxygen atoms in total. The third-order valence-corrected chi connectivity index (χ3v) is 5.11. The fourth-order valence-electron chi connectivity index (χ4n) is 2.13. The number of sulfone groups is 1. The van der Waals surface area contributed by atoms with Crippen molar-refractivity contribution in [3.63, 3.8) is 0 Å². The van der Waals surface area contributed by atoms with Gasteiger partial charge in [0, 0.05) is 6.42 Å². The SMILES string of the molecule is CCS(=O)(=O)c1ccccc1CC(O)c1ccccc1. The fourth-order valence-corrected chi connectivity index (χ4v) is 3.28. The normalized spacial score (nSPS) is 13.1. The van der Waals surface area contributed by atoms with E-state index in [2.05, 4.69) is 0 Å². The van der Waals surface area contributed by atoms with Crippen LogP contribution in [0.2, 0.25) is 0 Å². The van der Waals surface area contributed by atoms with Gasteiger partial charge in [0.1, 0.15) is 0 Å². The minimum absolute atomic E-state index is 0.0610. The Labute approximate surface area is 119 Å². The van der Waals surface area contributed by atoms with Crippen LogP contribution in [0.25, 0.3) is 0 Å². The molecule has 106 valence electrons. The van der Waals surface area contributed by atoms with Gasteiger partial charge in [-0.25, -0.2) is 8.42 Å². The van der Waals surface area contributed by atoms with Gasteiger partial charge in [0.05, 0.1) is 16.8 Å². The molecule has 2 rings (SSSR count). The first kappa shape index (κ1) is 14.8. The van der Waals surface area contributed by atoms with Crippen LogP contribution in [-0.4, -0.2) is 19.3 Å². The zero-order chi connectivity index (χ0) is 14.6. The van der Waals surface area contributed by atoms with Crippen molar-refractivity contribution < 1.29 is 13.5 Å². The molecule has 2 aromatic carbocycles. The summed E-state index contributed by atoms with van der Waals surface area (Å²) in [5.41, 5.74) is 1.45. The predicted molar refractivity (Wildman–Crippen MR) is 79.3 cm³/mol. The van der Waals surface area contributed by atoms with Crippen LogP contribution in [0, 0.1) is 0 Å². The minimum Gasteiger partial charge on any atom is -0.388 e. The third-order valence-electron chi connectivity index (χ3n) is 3.29. The first-order chi connectivity index (χ1) is 9.54. The van der Waals surface area contributed by atoms with Gasteiger partial charge in [0.2, 0.25) is 0 Å². The summed E-state index contributed by atoms with van der Waals surface area (Å²) in [7, 11) is -3.27.